The third-order valence-electron chi connectivity index (χ3n) is 3.44. The van der Waals surface area contributed by atoms with Gasteiger partial charge in [-0.15, -0.1) is 0 Å². The summed E-state index contributed by atoms with van der Waals surface area (Å²) >= 11 is 0. The zero-order valence-electron chi connectivity index (χ0n) is 12.3. The second kappa shape index (κ2) is 5.92. The molecule has 0 saturated heterocycles. The van der Waals surface area contributed by atoms with Gasteiger partial charge in [-0.2, -0.15) is 0 Å². The SMILES string of the molecule is Cn1cc(NC(=O)Nc2ccc(F)cc2)c2ccccc2c1=O. The van der Waals surface area contributed by atoms with E-state index in [1.807, 2.05) is 0 Å². The van der Waals surface area contributed by atoms with Gasteiger partial charge in [-0.3, -0.25) is 4.79 Å². The summed E-state index contributed by atoms with van der Waals surface area (Å²) in [7, 11) is 1.62. The molecule has 0 unspecified atom stereocenters. The summed E-state index contributed by atoms with van der Waals surface area (Å²) in [6.07, 6.45) is 1.56. The van der Waals surface area contributed by atoms with Crippen molar-refractivity contribution in [1.29, 1.82) is 0 Å². The molecule has 2 aromatic carbocycles. The van der Waals surface area contributed by atoms with Crippen molar-refractivity contribution in [2.45, 2.75) is 0 Å². The van der Waals surface area contributed by atoms with Crippen LogP contribution < -0.4 is 16.2 Å². The highest BCUT2D eigenvalue weighted by molar-refractivity contribution is 6.05. The van der Waals surface area contributed by atoms with Gasteiger partial charge in [0.25, 0.3) is 5.56 Å². The summed E-state index contributed by atoms with van der Waals surface area (Å²) in [6.45, 7) is 0. The molecule has 0 saturated carbocycles. The predicted molar refractivity (Wildman–Crippen MR) is 88.2 cm³/mol. The molecule has 0 bridgehead atoms. The first kappa shape index (κ1) is 14.8. The van der Waals surface area contributed by atoms with Crippen LogP contribution >= 0.6 is 0 Å². The summed E-state index contributed by atoms with van der Waals surface area (Å²) in [6, 6.07) is 12.0. The number of halogens is 1. The number of hydrogen-bond donors (Lipinski definition) is 2. The number of carbonyl (C=O) groups excluding carboxylic acids is 1. The molecule has 0 spiro atoms. The number of carbonyl (C=O) groups is 1. The molecule has 0 aliphatic rings. The third-order valence-corrected chi connectivity index (χ3v) is 3.44. The van der Waals surface area contributed by atoms with E-state index in [0.717, 1.165) is 0 Å². The number of rotatable bonds is 2. The number of urea groups is 1. The lowest BCUT2D eigenvalue weighted by Gasteiger charge is -2.11. The normalized spacial score (nSPS) is 10.5. The maximum Gasteiger partial charge on any atom is 0.323 e. The van der Waals surface area contributed by atoms with E-state index in [9.17, 15) is 14.0 Å². The third kappa shape index (κ3) is 3.06. The van der Waals surface area contributed by atoms with Gasteiger partial charge in [-0.25, -0.2) is 9.18 Å². The number of aryl methyl sites for hydroxylation is 1. The average molecular weight is 311 g/mol. The van der Waals surface area contributed by atoms with Gasteiger partial charge in [-0.05, 0) is 30.3 Å². The van der Waals surface area contributed by atoms with Gasteiger partial charge < -0.3 is 15.2 Å². The molecule has 0 aliphatic carbocycles. The first-order valence-corrected chi connectivity index (χ1v) is 6.96. The van der Waals surface area contributed by atoms with Gasteiger partial charge >= 0.3 is 6.03 Å². The molecule has 0 atom stereocenters. The first-order valence-electron chi connectivity index (χ1n) is 6.96. The Kier molecular flexibility index (Phi) is 3.80. The Morgan fingerprint density at radius 1 is 1.00 bits per heavy atom. The van der Waals surface area contributed by atoms with E-state index >= 15 is 0 Å². The van der Waals surface area contributed by atoms with Crippen LogP contribution in [0, 0.1) is 5.82 Å². The molecule has 2 N–H and O–H groups in total. The van der Waals surface area contributed by atoms with Gasteiger partial charge in [-0.1, -0.05) is 18.2 Å². The highest BCUT2D eigenvalue weighted by Gasteiger charge is 2.09. The molecule has 1 heterocycles. The van der Waals surface area contributed by atoms with E-state index in [2.05, 4.69) is 10.6 Å². The molecular weight excluding hydrogens is 297 g/mol. The average Bonchev–Trinajstić information content (AvgIpc) is 2.54. The minimum atomic E-state index is -0.472. The molecular formula is C17H14FN3O2. The first-order chi connectivity index (χ1) is 11.0. The van der Waals surface area contributed by atoms with Crippen LogP contribution in [-0.2, 0) is 7.05 Å². The Balaban J connectivity index is 1.89. The predicted octanol–water partition coefficient (Wildman–Crippen LogP) is 3.32. The van der Waals surface area contributed by atoms with Crippen LogP contribution in [0.1, 0.15) is 0 Å². The molecule has 3 rings (SSSR count). The van der Waals surface area contributed by atoms with Gasteiger partial charge in [0.1, 0.15) is 5.82 Å². The Bertz CT molecular complexity index is 933. The van der Waals surface area contributed by atoms with Crippen molar-refractivity contribution in [1.82, 2.24) is 4.57 Å². The molecule has 0 aliphatic heterocycles. The maximum absolute atomic E-state index is 12.9. The van der Waals surface area contributed by atoms with Crippen molar-refractivity contribution in [3.05, 3.63) is 70.9 Å². The Labute approximate surface area is 131 Å². The van der Waals surface area contributed by atoms with E-state index in [-0.39, 0.29) is 11.4 Å². The van der Waals surface area contributed by atoms with Crippen molar-refractivity contribution in [2.75, 3.05) is 10.6 Å². The number of aromatic nitrogens is 1. The second-order valence-corrected chi connectivity index (χ2v) is 5.09. The zero-order chi connectivity index (χ0) is 16.4. The number of nitrogens with one attached hydrogen (secondary N) is 2. The lowest BCUT2D eigenvalue weighted by molar-refractivity contribution is 0.262. The second-order valence-electron chi connectivity index (χ2n) is 5.09. The van der Waals surface area contributed by atoms with Crippen molar-refractivity contribution in [2.24, 2.45) is 7.05 Å². The Morgan fingerprint density at radius 2 is 1.65 bits per heavy atom. The van der Waals surface area contributed by atoms with Gasteiger partial charge in [0, 0.05) is 29.7 Å². The van der Waals surface area contributed by atoms with E-state index in [1.165, 1.54) is 28.8 Å². The van der Waals surface area contributed by atoms with Crippen LogP contribution in [0.25, 0.3) is 10.8 Å². The summed E-state index contributed by atoms with van der Waals surface area (Å²) in [4.78, 5) is 24.2. The summed E-state index contributed by atoms with van der Waals surface area (Å²) < 4.78 is 14.3. The van der Waals surface area contributed by atoms with E-state index in [1.54, 1.807) is 37.5 Å². The number of pyridine rings is 1. The van der Waals surface area contributed by atoms with Crippen molar-refractivity contribution in [3.8, 4) is 0 Å². The lowest BCUT2D eigenvalue weighted by atomic mass is 10.1. The van der Waals surface area contributed by atoms with E-state index in [0.29, 0.717) is 22.1 Å². The largest absolute Gasteiger partial charge is 0.323 e. The van der Waals surface area contributed by atoms with Crippen molar-refractivity contribution in [3.63, 3.8) is 0 Å². The van der Waals surface area contributed by atoms with Crippen LogP contribution in [-0.4, -0.2) is 10.6 Å². The van der Waals surface area contributed by atoms with Crippen LogP contribution in [0.5, 0.6) is 0 Å². The molecule has 23 heavy (non-hydrogen) atoms. The van der Waals surface area contributed by atoms with Gasteiger partial charge in [0.2, 0.25) is 0 Å². The Hall–Kier alpha value is -3.15. The molecule has 2 amide bonds. The maximum atomic E-state index is 12.9. The smallest absolute Gasteiger partial charge is 0.316 e. The molecule has 0 radical (unpaired) electrons. The number of amides is 2. The van der Waals surface area contributed by atoms with Crippen molar-refractivity contribution < 1.29 is 9.18 Å². The Morgan fingerprint density at radius 3 is 2.35 bits per heavy atom. The highest BCUT2D eigenvalue weighted by atomic mass is 19.1. The summed E-state index contributed by atoms with van der Waals surface area (Å²) in [5.41, 5.74) is 0.852. The van der Waals surface area contributed by atoms with E-state index in [4.69, 9.17) is 0 Å². The number of nitrogens with zero attached hydrogens (tertiary/aromatic N) is 1. The van der Waals surface area contributed by atoms with E-state index < -0.39 is 6.03 Å². The minimum Gasteiger partial charge on any atom is -0.316 e. The molecule has 5 nitrogen and oxygen atoms in total. The molecule has 6 heteroatoms. The monoisotopic (exact) mass is 311 g/mol. The fraction of sp³-hybridized carbons (Fsp3) is 0.0588. The van der Waals surface area contributed by atoms with Gasteiger partial charge in [0.05, 0.1) is 5.69 Å². The molecule has 0 fully saturated rings. The minimum absolute atomic E-state index is 0.134. The van der Waals surface area contributed by atoms with Gasteiger partial charge in [0.15, 0.2) is 0 Å². The number of anilines is 2. The highest BCUT2D eigenvalue weighted by Crippen LogP contribution is 2.20. The molecule has 3 aromatic rings. The van der Waals surface area contributed by atoms with Crippen LogP contribution in [0.4, 0.5) is 20.6 Å². The van der Waals surface area contributed by atoms with Crippen LogP contribution in [0.2, 0.25) is 0 Å². The molecule has 116 valence electrons. The topological polar surface area (TPSA) is 63.1 Å². The lowest BCUT2D eigenvalue weighted by Crippen LogP contribution is -2.22. The van der Waals surface area contributed by atoms with Crippen LogP contribution in [0.15, 0.2) is 59.5 Å². The number of fused-ring (bicyclic) bond motifs is 1. The zero-order valence-corrected chi connectivity index (χ0v) is 12.3. The fourth-order valence-corrected chi connectivity index (χ4v) is 2.33. The van der Waals surface area contributed by atoms with Crippen LogP contribution in [0.3, 0.4) is 0 Å². The fourth-order valence-electron chi connectivity index (χ4n) is 2.33. The quantitative estimate of drug-likeness (QED) is 0.762. The standard InChI is InChI=1S/C17H14FN3O2/c1-21-10-15(13-4-2-3-5-14(13)16(21)22)20-17(23)19-12-8-6-11(18)7-9-12/h2-10H,1H3,(H2,19,20,23). The number of hydrogen-bond acceptors (Lipinski definition) is 2. The number of benzene rings is 2. The molecule has 1 aromatic heterocycles. The summed E-state index contributed by atoms with van der Waals surface area (Å²) in [5, 5.41) is 6.50. The summed E-state index contributed by atoms with van der Waals surface area (Å²) in [5.74, 6) is -0.375. The van der Waals surface area contributed by atoms with Crippen molar-refractivity contribution >= 4 is 28.2 Å².